The lowest BCUT2D eigenvalue weighted by Gasteiger charge is -2.46. The van der Waals surface area contributed by atoms with E-state index >= 15 is 0 Å². The minimum absolute atomic E-state index is 0.102. The Morgan fingerprint density at radius 3 is 1.18 bits per heavy atom. The lowest BCUT2D eigenvalue weighted by Crippen LogP contribution is -2.61. The fourth-order valence-corrected chi connectivity index (χ4v) is 22.1. The van der Waals surface area contributed by atoms with Crippen LogP contribution in [0.2, 0.25) is 0 Å². The van der Waals surface area contributed by atoms with Crippen LogP contribution in [0.4, 0.5) is 34.1 Å². The van der Waals surface area contributed by atoms with Crippen molar-refractivity contribution < 1.29 is 4.42 Å². The van der Waals surface area contributed by atoms with Gasteiger partial charge in [-0.3, -0.25) is 0 Å². The standard InChI is InChI=1S/C126H112BN3OS/c1-121(2,3)87-54-59-106-100(70-87)101-71-88(122(4,5)6)55-60-107(101)128(106)93-56-57-104-109(76-93)130(119-98(79-41-27-21-28-42-79)72-91(125(13,14)15)73-99(119)80-43-29-22-30-44-80)111-68-86(85-64-89(123(7,8)9)69-90(65-85)124(10,11)12)67-110-118(111)127(104)105-66-81(84-62-82(77-37-23-19-24-38-77)61-83(63-84)78-39-25-20-26-40-78)53-58-108(105)129(110)120-102(94-47-35-50-113-116(94)96-45-31-33-49-112(96)131-113)74-92(126(16,17)18)75-103(120)95-48-36-52-115-117(95)97-46-32-34-51-114(97)132-115/h19-76H,1-18H3. The normalized spacial score (nSPS) is 13.2. The molecule has 132 heavy (non-hydrogen) atoms. The van der Waals surface area contributed by atoms with Gasteiger partial charge in [0.2, 0.25) is 0 Å². The summed E-state index contributed by atoms with van der Waals surface area (Å²) in [6.07, 6.45) is 0. The second-order valence-electron chi connectivity index (χ2n) is 43.3. The van der Waals surface area contributed by atoms with Gasteiger partial charge in [-0.25, -0.2) is 0 Å². The molecule has 646 valence electrons. The zero-order valence-corrected chi connectivity index (χ0v) is 80.0. The van der Waals surface area contributed by atoms with Gasteiger partial charge in [-0.05, 0) is 270 Å². The van der Waals surface area contributed by atoms with Crippen LogP contribution in [0.3, 0.4) is 0 Å². The molecule has 20 aromatic rings. The van der Waals surface area contributed by atoms with Crippen LogP contribution in [0.25, 0.3) is 159 Å². The van der Waals surface area contributed by atoms with Crippen molar-refractivity contribution >= 4 is 132 Å². The van der Waals surface area contributed by atoms with Crippen LogP contribution in [0.15, 0.2) is 356 Å². The molecule has 2 aliphatic rings. The van der Waals surface area contributed by atoms with Gasteiger partial charge in [-0.1, -0.05) is 355 Å². The van der Waals surface area contributed by atoms with E-state index in [1.165, 1.54) is 97.3 Å². The number of hydrogen-bond donors (Lipinski definition) is 0. The molecule has 0 atom stereocenters. The van der Waals surface area contributed by atoms with Gasteiger partial charge < -0.3 is 18.8 Å². The van der Waals surface area contributed by atoms with E-state index in [0.29, 0.717) is 0 Å². The number of aromatic nitrogens is 1. The SMILES string of the molecule is CC(C)(C)c1cc(-c2cc3c4c(c2)N(c2c(-c5cccc6oc7ccccc7c56)cc(C(C)(C)C)cc2-c2cccc5sc6ccccc6c25)c2ccc(-c5cc(-c6ccccc6)cc(-c6ccccc6)c5)cc2B4c2ccc(-n4c5ccc(C(C)(C)C)cc5c5cc(C(C)(C)C)ccc54)cc2N3c2c(-c3ccccc3)cc(C(C)(C)C)cc2-c2ccccc2)cc(C(C)(C)C)c1. The molecule has 0 saturated carbocycles. The zero-order valence-electron chi connectivity index (χ0n) is 79.2. The molecule has 5 heterocycles. The first-order chi connectivity index (χ1) is 63.2. The summed E-state index contributed by atoms with van der Waals surface area (Å²) in [7, 11) is 0. The van der Waals surface area contributed by atoms with Crippen molar-refractivity contribution in [2.75, 3.05) is 9.80 Å². The highest BCUT2D eigenvalue weighted by Gasteiger charge is 2.47. The van der Waals surface area contributed by atoms with Crippen molar-refractivity contribution in [2.24, 2.45) is 0 Å². The highest BCUT2D eigenvalue weighted by Crippen LogP contribution is 2.59. The Bertz CT molecular complexity index is 7700. The van der Waals surface area contributed by atoms with Gasteiger partial charge in [0.25, 0.3) is 6.71 Å². The monoisotopic (exact) mass is 1730 g/mol. The Labute approximate surface area is 782 Å². The number of thiophene rings is 1. The summed E-state index contributed by atoms with van der Waals surface area (Å²) < 4.78 is 12.2. The number of rotatable bonds is 11. The summed E-state index contributed by atoms with van der Waals surface area (Å²) in [5.74, 6) is 0. The molecule has 0 fully saturated rings. The van der Waals surface area contributed by atoms with E-state index in [2.05, 4.69) is 491 Å². The fourth-order valence-electron chi connectivity index (χ4n) is 20.9. The molecule has 0 spiro atoms. The highest BCUT2D eigenvalue weighted by molar-refractivity contribution is 7.26. The second-order valence-corrected chi connectivity index (χ2v) is 44.4. The van der Waals surface area contributed by atoms with Crippen LogP contribution in [-0.4, -0.2) is 11.3 Å². The van der Waals surface area contributed by atoms with Crippen molar-refractivity contribution in [3.63, 3.8) is 0 Å². The maximum atomic E-state index is 7.12. The first-order valence-corrected chi connectivity index (χ1v) is 47.9. The number of anilines is 6. The van der Waals surface area contributed by atoms with Crippen LogP contribution in [0.5, 0.6) is 0 Å². The maximum absolute atomic E-state index is 7.12. The minimum Gasteiger partial charge on any atom is -0.456 e. The van der Waals surface area contributed by atoms with Gasteiger partial charge in [0.15, 0.2) is 0 Å². The van der Waals surface area contributed by atoms with Gasteiger partial charge in [-0.15, -0.1) is 11.3 Å². The number of nitrogens with zero attached hydrogens (tertiary/aromatic N) is 3. The van der Waals surface area contributed by atoms with E-state index in [9.17, 15) is 0 Å². The zero-order chi connectivity index (χ0) is 91.1. The van der Waals surface area contributed by atoms with Crippen molar-refractivity contribution in [1.82, 2.24) is 4.57 Å². The molecule has 0 aliphatic carbocycles. The van der Waals surface area contributed by atoms with Gasteiger partial charge in [0.05, 0.1) is 22.4 Å². The van der Waals surface area contributed by atoms with Gasteiger partial charge >= 0.3 is 0 Å². The van der Waals surface area contributed by atoms with E-state index in [-0.39, 0.29) is 32.5 Å². The van der Waals surface area contributed by atoms with Gasteiger partial charge in [0, 0.05) is 92.4 Å². The van der Waals surface area contributed by atoms with Crippen LogP contribution in [-0.2, 0) is 32.5 Å². The van der Waals surface area contributed by atoms with Crippen molar-refractivity contribution in [3.8, 4) is 94.7 Å². The number of furan rings is 1. The smallest absolute Gasteiger partial charge is 0.252 e. The molecular formula is C126H112BN3OS. The van der Waals surface area contributed by atoms with E-state index in [4.69, 9.17) is 4.42 Å². The fraction of sp³-hybridized carbons (Fsp3) is 0.190. The third-order valence-electron chi connectivity index (χ3n) is 28.2. The van der Waals surface area contributed by atoms with Crippen molar-refractivity contribution in [3.05, 3.63) is 385 Å². The molecule has 0 saturated heterocycles. The number of hydrogen-bond acceptors (Lipinski definition) is 4. The predicted molar refractivity (Wildman–Crippen MR) is 571 cm³/mol. The number of para-hydroxylation sites is 1. The first-order valence-electron chi connectivity index (χ1n) is 47.1. The molecule has 2 aliphatic heterocycles. The second kappa shape index (κ2) is 30.9. The average Bonchev–Trinajstić information content (AvgIpc) is 0.706. The molecule has 0 bridgehead atoms. The quantitative estimate of drug-likeness (QED) is 0.121. The summed E-state index contributed by atoms with van der Waals surface area (Å²) in [5.41, 5.74) is 39.9. The van der Waals surface area contributed by atoms with E-state index in [1.54, 1.807) is 0 Å². The largest absolute Gasteiger partial charge is 0.456 e. The third-order valence-corrected chi connectivity index (χ3v) is 29.4. The Morgan fingerprint density at radius 1 is 0.235 bits per heavy atom. The van der Waals surface area contributed by atoms with E-state index < -0.39 is 6.71 Å². The number of fused-ring (bicyclic) bond motifs is 13. The topological polar surface area (TPSA) is 24.6 Å². The molecule has 4 nitrogen and oxygen atoms in total. The molecule has 0 radical (unpaired) electrons. The molecule has 6 heteroatoms. The lowest BCUT2D eigenvalue weighted by atomic mass is 9.33. The summed E-state index contributed by atoms with van der Waals surface area (Å²) in [6.45, 7) is 42.3. The lowest BCUT2D eigenvalue weighted by molar-refractivity contribution is 0.569. The molecule has 17 aromatic carbocycles. The molecule has 0 N–H and O–H groups in total. The summed E-state index contributed by atoms with van der Waals surface area (Å²) in [5, 5.41) is 7.13. The van der Waals surface area contributed by atoms with Crippen LogP contribution < -0.4 is 26.2 Å². The maximum Gasteiger partial charge on any atom is 0.252 e. The van der Waals surface area contributed by atoms with E-state index in [1.807, 2.05) is 11.3 Å². The Balaban J connectivity index is 0.967. The van der Waals surface area contributed by atoms with E-state index in [0.717, 1.165) is 145 Å². The summed E-state index contributed by atoms with van der Waals surface area (Å²) in [6, 6.07) is 136. The van der Waals surface area contributed by atoms with Crippen LogP contribution in [0, 0.1) is 0 Å². The molecular weight excluding hydrogens is 1610 g/mol. The molecule has 0 amide bonds. The van der Waals surface area contributed by atoms with Crippen LogP contribution in [0.1, 0.15) is 158 Å². The first kappa shape index (κ1) is 83.8. The van der Waals surface area contributed by atoms with Crippen LogP contribution >= 0.6 is 11.3 Å². The van der Waals surface area contributed by atoms with Crippen molar-refractivity contribution in [1.29, 1.82) is 0 Å². The van der Waals surface area contributed by atoms with Crippen molar-refractivity contribution in [2.45, 2.75) is 157 Å². The predicted octanol–water partition coefficient (Wildman–Crippen LogP) is 34.3. The average molecular weight is 1730 g/mol. The summed E-state index contributed by atoms with van der Waals surface area (Å²) in [4.78, 5) is 5.59. The van der Waals surface area contributed by atoms with Gasteiger partial charge in [0.1, 0.15) is 11.2 Å². The summed E-state index contributed by atoms with van der Waals surface area (Å²) >= 11 is 1.88. The minimum atomic E-state index is -0.394. The Morgan fingerprint density at radius 2 is 0.652 bits per heavy atom. The Hall–Kier alpha value is -13.8. The molecule has 3 aromatic heterocycles. The van der Waals surface area contributed by atoms with Gasteiger partial charge in [-0.2, -0.15) is 0 Å². The molecule has 0 unspecified atom stereocenters. The number of benzene rings is 17. The Kier molecular flexibility index (Phi) is 19.6. The molecule has 22 rings (SSSR count). The highest BCUT2D eigenvalue weighted by atomic mass is 32.1. The third kappa shape index (κ3) is 14.3.